The van der Waals surface area contributed by atoms with Crippen LogP contribution in [0, 0.1) is 0 Å². The SMILES string of the molecule is O=C(O)c1cccn2c(=O)c3ccc4c(c3nc12)OC(F)(F)O4. The number of hydrogen-bond acceptors (Lipinski definition) is 5. The maximum Gasteiger partial charge on any atom is 0.586 e. The van der Waals surface area contributed by atoms with Gasteiger partial charge in [-0.15, -0.1) is 8.78 Å². The van der Waals surface area contributed by atoms with Crippen molar-refractivity contribution in [2.45, 2.75) is 6.29 Å². The third-order valence-electron chi connectivity index (χ3n) is 3.41. The highest BCUT2D eigenvalue weighted by atomic mass is 19.3. The van der Waals surface area contributed by atoms with E-state index < -0.39 is 23.6 Å². The fraction of sp³-hybridized carbons (Fsp3) is 0.0714. The third-order valence-corrected chi connectivity index (χ3v) is 3.41. The number of aromatic nitrogens is 2. The maximum absolute atomic E-state index is 13.2. The monoisotopic (exact) mass is 320 g/mol. The van der Waals surface area contributed by atoms with Gasteiger partial charge in [0.1, 0.15) is 11.1 Å². The second-order valence-corrected chi connectivity index (χ2v) is 4.79. The van der Waals surface area contributed by atoms with Gasteiger partial charge in [0.25, 0.3) is 5.56 Å². The van der Waals surface area contributed by atoms with Crippen molar-refractivity contribution in [3.63, 3.8) is 0 Å². The van der Waals surface area contributed by atoms with E-state index in [1.165, 1.54) is 30.5 Å². The molecule has 0 saturated heterocycles. The average Bonchev–Trinajstić information content (AvgIpc) is 2.81. The molecule has 4 rings (SSSR count). The first kappa shape index (κ1) is 13.4. The van der Waals surface area contributed by atoms with Gasteiger partial charge in [-0.25, -0.2) is 9.78 Å². The highest BCUT2D eigenvalue weighted by Gasteiger charge is 2.44. The van der Waals surface area contributed by atoms with Crippen LogP contribution >= 0.6 is 0 Å². The summed E-state index contributed by atoms with van der Waals surface area (Å²) in [4.78, 5) is 27.8. The van der Waals surface area contributed by atoms with Crippen LogP contribution in [0.15, 0.2) is 35.3 Å². The van der Waals surface area contributed by atoms with Gasteiger partial charge < -0.3 is 14.6 Å². The smallest absolute Gasteiger partial charge is 0.478 e. The molecule has 7 nitrogen and oxygen atoms in total. The first-order valence-electron chi connectivity index (χ1n) is 6.34. The van der Waals surface area contributed by atoms with E-state index >= 15 is 0 Å². The van der Waals surface area contributed by atoms with Crippen molar-refractivity contribution in [3.8, 4) is 11.5 Å². The lowest BCUT2D eigenvalue weighted by Crippen LogP contribution is -2.26. The molecule has 1 aliphatic heterocycles. The summed E-state index contributed by atoms with van der Waals surface area (Å²) in [7, 11) is 0. The third kappa shape index (κ3) is 1.83. The number of halogens is 2. The quantitative estimate of drug-likeness (QED) is 0.688. The van der Waals surface area contributed by atoms with Crippen LogP contribution in [0.5, 0.6) is 11.5 Å². The van der Waals surface area contributed by atoms with Crippen molar-refractivity contribution >= 4 is 22.5 Å². The Morgan fingerprint density at radius 3 is 2.78 bits per heavy atom. The minimum atomic E-state index is -3.87. The van der Waals surface area contributed by atoms with E-state index in [1.807, 2.05) is 0 Å². The molecule has 0 bridgehead atoms. The van der Waals surface area contributed by atoms with E-state index in [0.717, 1.165) is 4.40 Å². The Balaban J connectivity index is 2.17. The average molecular weight is 320 g/mol. The highest BCUT2D eigenvalue weighted by Crippen LogP contribution is 2.44. The summed E-state index contributed by atoms with van der Waals surface area (Å²) >= 11 is 0. The van der Waals surface area contributed by atoms with Gasteiger partial charge >= 0.3 is 12.3 Å². The molecule has 0 aliphatic carbocycles. The van der Waals surface area contributed by atoms with Crippen LogP contribution in [0.4, 0.5) is 8.78 Å². The Bertz CT molecular complexity index is 1060. The second kappa shape index (κ2) is 4.15. The van der Waals surface area contributed by atoms with Gasteiger partial charge in [-0.3, -0.25) is 9.20 Å². The van der Waals surface area contributed by atoms with E-state index in [9.17, 15) is 23.5 Å². The second-order valence-electron chi connectivity index (χ2n) is 4.79. The molecule has 0 fully saturated rings. The first-order chi connectivity index (χ1) is 10.9. The molecule has 1 N–H and O–H groups in total. The van der Waals surface area contributed by atoms with Crippen molar-refractivity contribution < 1.29 is 28.2 Å². The minimum Gasteiger partial charge on any atom is -0.478 e. The fourth-order valence-electron chi connectivity index (χ4n) is 2.46. The van der Waals surface area contributed by atoms with Gasteiger partial charge in [0, 0.05) is 6.20 Å². The molecule has 2 aromatic heterocycles. The molecule has 0 saturated carbocycles. The molecule has 0 spiro atoms. The molecule has 1 aliphatic rings. The van der Waals surface area contributed by atoms with E-state index in [0.29, 0.717) is 0 Å². The van der Waals surface area contributed by atoms with E-state index in [1.54, 1.807) is 0 Å². The molecular formula is C14H6F2N2O5. The zero-order valence-electron chi connectivity index (χ0n) is 11.1. The molecule has 0 unspecified atom stereocenters. The van der Waals surface area contributed by atoms with Crippen molar-refractivity contribution in [3.05, 3.63) is 46.4 Å². The Morgan fingerprint density at radius 2 is 2.04 bits per heavy atom. The van der Waals surface area contributed by atoms with Crippen molar-refractivity contribution in [1.29, 1.82) is 0 Å². The van der Waals surface area contributed by atoms with Crippen molar-refractivity contribution in [2.24, 2.45) is 0 Å². The predicted molar refractivity (Wildman–Crippen MR) is 72.1 cm³/mol. The highest BCUT2D eigenvalue weighted by molar-refractivity contribution is 5.96. The van der Waals surface area contributed by atoms with Crippen LogP contribution in [0.3, 0.4) is 0 Å². The fourth-order valence-corrected chi connectivity index (χ4v) is 2.46. The Hall–Kier alpha value is -3.23. The molecule has 0 radical (unpaired) electrons. The predicted octanol–water partition coefficient (Wildman–Crippen LogP) is 1.87. The summed E-state index contributed by atoms with van der Waals surface area (Å²) < 4.78 is 36.2. The van der Waals surface area contributed by atoms with Gasteiger partial charge in [-0.05, 0) is 24.3 Å². The Morgan fingerprint density at radius 1 is 1.26 bits per heavy atom. The number of carbonyl (C=O) groups is 1. The van der Waals surface area contributed by atoms with Crippen LogP contribution in [-0.4, -0.2) is 26.8 Å². The molecule has 0 atom stereocenters. The number of hydrogen-bond donors (Lipinski definition) is 1. The zero-order chi connectivity index (χ0) is 16.4. The minimum absolute atomic E-state index is 0.00471. The first-order valence-corrected chi connectivity index (χ1v) is 6.34. The number of carboxylic acids is 1. The number of fused-ring (bicyclic) bond motifs is 4. The Kier molecular flexibility index (Phi) is 2.43. The van der Waals surface area contributed by atoms with Crippen LogP contribution in [0.1, 0.15) is 10.4 Å². The molecule has 9 heteroatoms. The maximum atomic E-state index is 13.2. The van der Waals surface area contributed by atoms with Gasteiger partial charge in [0.2, 0.25) is 0 Å². The molecule has 3 heterocycles. The topological polar surface area (TPSA) is 90.1 Å². The van der Waals surface area contributed by atoms with Crippen LogP contribution in [0.2, 0.25) is 0 Å². The summed E-state index contributed by atoms with van der Waals surface area (Å²) in [5.74, 6) is -1.97. The lowest BCUT2D eigenvalue weighted by atomic mass is 10.2. The number of carboxylic acid groups (broad SMARTS) is 1. The lowest BCUT2D eigenvalue weighted by Gasteiger charge is -2.07. The number of aromatic carboxylic acids is 1. The standard InChI is InChI=1S/C14H6F2N2O5/c15-14(16)22-8-4-3-6-9(10(8)23-14)17-11-7(13(20)21)2-1-5-18(11)12(6)19/h1-5H,(H,20,21). The van der Waals surface area contributed by atoms with Gasteiger partial charge in [0.15, 0.2) is 17.1 Å². The molecular weight excluding hydrogens is 314 g/mol. The number of nitrogens with zero attached hydrogens (tertiary/aromatic N) is 2. The van der Waals surface area contributed by atoms with E-state index in [2.05, 4.69) is 14.5 Å². The van der Waals surface area contributed by atoms with E-state index in [4.69, 9.17) is 0 Å². The summed E-state index contributed by atoms with van der Waals surface area (Å²) in [5, 5.41) is 9.20. The van der Waals surface area contributed by atoms with E-state index in [-0.39, 0.29) is 27.9 Å². The summed E-state index contributed by atoms with van der Waals surface area (Å²) in [6, 6.07) is 5.08. The normalized spacial score (nSPS) is 15.2. The molecule has 116 valence electrons. The molecule has 23 heavy (non-hydrogen) atoms. The zero-order valence-corrected chi connectivity index (χ0v) is 11.1. The summed E-state index contributed by atoms with van der Waals surface area (Å²) in [6.07, 6.45) is -2.52. The van der Waals surface area contributed by atoms with Crippen molar-refractivity contribution in [2.75, 3.05) is 0 Å². The van der Waals surface area contributed by atoms with Crippen LogP contribution in [-0.2, 0) is 0 Å². The number of alkyl halides is 2. The number of pyridine rings is 1. The summed E-state index contributed by atoms with van der Waals surface area (Å²) in [5.41, 5.74) is -1.20. The number of rotatable bonds is 1. The van der Waals surface area contributed by atoms with Gasteiger partial charge in [-0.1, -0.05) is 0 Å². The lowest BCUT2D eigenvalue weighted by molar-refractivity contribution is -0.286. The van der Waals surface area contributed by atoms with Gasteiger partial charge in [-0.2, -0.15) is 0 Å². The van der Waals surface area contributed by atoms with Crippen molar-refractivity contribution in [1.82, 2.24) is 9.38 Å². The molecule has 0 amide bonds. The number of ether oxygens (including phenoxy) is 2. The summed E-state index contributed by atoms with van der Waals surface area (Å²) in [6.45, 7) is 0. The van der Waals surface area contributed by atoms with Gasteiger partial charge in [0.05, 0.1) is 5.39 Å². The van der Waals surface area contributed by atoms with Crippen LogP contribution in [0.25, 0.3) is 16.6 Å². The largest absolute Gasteiger partial charge is 0.586 e. The Labute approximate surface area is 125 Å². The number of benzene rings is 1. The van der Waals surface area contributed by atoms with Crippen LogP contribution < -0.4 is 15.0 Å². The molecule has 1 aromatic carbocycles. The molecule has 3 aromatic rings.